The van der Waals surface area contributed by atoms with Crippen LogP contribution in [0.5, 0.6) is 0 Å². The number of carbonyl (C=O) groups excluding carboxylic acids is 2. The van der Waals surface area contributed by atoms with Crippen LogP contribution in [0.25, 0.3) is 0 Å². The van der Waals surface area contributed by atoms with E-state index in [1.54, 1.807) is 20.8 Å². The zero-order valence-electron chi connectivity index (χ0n) is 20.2. The van der Waals surface area contributed by atoms with Gasteiger partial charge >= 0.3 is 6.09 Å². The molecule has 6 nitrogen and oxygen atoms in total. The number of carbonyl (C=O) groups is 2. The number of aryl methyl sites for hydroxylation is 2. The number of fused-ring (bicyclic) bond motifs is 2. The fourth-order valence-electron chi connectivity index (χ4n) is 5.09. The summed E-state index contributed by atoms with van der Waals surface area (Å²) < 4.78 is 6.19. The van der Waals surface area contributed by atoms with Gasteiger partial charge in [0.05, 0.1) is 5.69 Å². The molecular formula is C26H30BrCl2N3O3. The van der Waals surface area contributed by atoms with Crippen molar-refractivity contribution >= 4 is 51.1 Å². The minimum atomic E-state index is -0.605. The molecule has 2 aromatic rings. The highest BCUT2D eigenvalue weighted by Crippen LogP contribution is 2.46. The fraction of sp³-hybridized carbons (Fsp3) is 0.500. The van der Waals surface area contributed by atoms with E-state index in [0.717, 1.165) is 41.4 Å². The Labute approximate surface area is 224 Å². The first-order valence-corrected chi connectivity index (χ1v) is 13.4. The van der Waals surface area contributed by atoms with Crippen molar-refractivity contribution in [3.63, 3.8) is 0 Å². The molecule has 0 bridgehead atoms. The maximum Gasteiger partial charge on any atom is 0.408 e. The molecule has 2 amide bonds. The summed E-state index contributed by atoms with van der Waals surface area (Å²) in [6.45, 7) is 6.52. The maximum atomic E-state index is 12.7. The highest BCUT2D eigenvalue weighted by Gasteiger charge is 2.36. The summed E-state index contributed by atoms with van der Waals surface area (Å²) in [6.07, 6.45) is 4.62. The van der Waals surface area contributed by atoms with Gasteiger partial charge in [-0.15, -0.1) is 0 Å². The maximum absolute atomic E-state index is 12.7. The number of pyridine rings is 1. The Morgan fingerprint density at radius 2 is 1.83 bits per heavy atom. The van der Waals surface area contributed by atoms with Crippen molar-refractivity contribution in [1.29, 1.82) is 0 Å². The van der Waals surface area contributed by atoms with Gasteiger partial charge in [-0.05, 0) is 103 Å². The highest BCUT2D eigenvalue weighted by atomic mass is 79.9. The summed E-state index contributed by atoms with van der Waals surface area (Å²) in [7, 11) is 0. The molecule has 1 N–H and O–H groups in total. The van der Waals surface area contributed by atoms with Gasteiger partial charge in [0.25, 0.3) is 0 Å². The lowest BCUT2D eigenvalue weighted by Crippen LogP contribution is -2.45. The molecule has 1 unspecified atom stereocenters. The molecule has 9 heteroatoms. The van der Waals surface area contributed by atoms with E-state index in [2.05, 4.69) is 27.3 Å². The van der Waals surface area contributed by atoms with Crippen molar-refractivity contribution in [2.75, 3.05) is 19.6 Å². The third kappa shape index (κ3) is 6.30. The lowest BCUT2D eigenvalue weighted by molar-refractivity contribution is -0.131. The van der Waals surface area contributed by atoms with Crippen LogP contribution in [-0.4, -0.2) is 47.1 Å². The average Bonchev–Trinajstić information content (AvgIpc) is 2.93. The van der Waals surface area contributed by atoms with Crippen LogP contribution in [0, 0.1) is 5.92 Å². The lowest BCUT2D eigenvalue weighted by Gasteiger charge is -2.37. The summed E-state index contributed by atoms with van der Waals surface area (Å²) in [5, 5.41) is 3.89. The standard InChI is InChI=1S/C26H30BrCl2N3O3/c1-26(2,3)35-25(34)31-14-21(33)32-8-6-15(7-9-32)23-22-16(11-19(28)12-20(22)29)4-5-17-10-18(27)13-30-24(17)23/h10-13,15,23H,4-9,14H2,1-3H3,(H,31,34). The monoisotopic (exact) mass is 581 g/mol. The van der Waals surface area contributed by atoms with E-state index in [9.17, 15) is 9.59 Å². The van der Waals surface area contributed by atoms with Gasteiger partial charge in [-0.25, -0.2) is 4.79 Å². The minimum Gasteiger partial charge on any atom is -0.444 e. The molecule has 4 rings (SSSR count). The van der Waals surface area contributed by atoms with Gasteiger partial charge in [0.1, 0.15) is 12.1 Å². The van der Waals surface area contributed by atoms with E-state index in [-0.39, 0.29) is 24.3 Å². The van der Waals surface area contributed by atoms with Crippen molar-refractivity contribution in [3.8, 4) is 0 Å². The molecule has 1 aromatic heterocycles. The van der Waals surface area contributed by atoms with E-state index in [4.69, 9.17) is 32.9 Å². The van der Waals surface area contributed by atoms with Crippen LogP contribution in [0.4, 0.5) is 4.79 Å². The molecule has 1 aliphatic heterocycles. The molecule has 1 aliphatic carbocycles. The number of aromatic nitrogens is 1. The lowest BCUT2D eigenvalue weighted by atomic mass is 9.76. The number of ether oxygens (including phenoxy) is 1. The highest BCUT2D eigenvalue weighted by molar-refractivity contribution is 9.10. The van der Waals surface area contributed by atoms with Gasteiger partial charge in [0.15, 0.2) is 0 Å². The number of rotatable bonds is 3. The Kier molecular flexibility index (Phi) is 7.99. The van der Waals surface area contributed by atoms with Gasteiger partial charge in [-0.1, -0.05) is 23.2 Å². The Hall–Kier alpha value is -1.83. The number of nitrogens with zero attached hydrogens (tertiary/aromatic N) is 2. The van der Waals surface area contributed by atoms with E-state index in [1.807, 2.05) is 23.2 Å². The minimum absolute atomic E-state index is 0.0394. The second-order valence-corrected chi connectivity index (χ2v) is 12.0. The number of nitrogens with one attached hydrogen (secondary N) is 1. The summed E-state index contributed by atoms with van der Waals surface area (Å²) in [4.78, 5) is 31.3. The second kappa shape index (κ2) is 10.7. The van der Waals surface area contributed by atoms with Crippen LogP contribution in [0.1, 0.15) is 61.9 Å². The molecule has 0 radical (unpaired) electrons. The summed E-state index contributed by atoms with van der Waals surface area (Å²) >= 11 is 16.7. The topological polar surface area (TPSA) is 71.5 Å². The third-order valence-corrected chi connectivity index (χ3v) is 7.53. The van der Waals surface area contributed by atoms with Crippen LogP contribution in [0.15, 0.2) is 28.9 Å². The van der Waals surface area contributed by atoms with E-state index in [1.165, 1.54) is 11.1 Å². The third-order valence-electron chi connectivity index (χ3n) is 6.56. The predicted octanol–water partition coefficient (Wildman–Crippen LogP) is 6.14. The molecule has 188 valence electrons. The van der Waals surface area contributed by atoms with Crippen LogP contribution in [-0.2, 0) is 22.4 Å². The Morgan fingerprint density at radius 3 is 2.51 bits per heavy atom. The smallest absolute Gasteiger partial charge is 0.408 e. The quantitative estimate of drug-likeness (QED) is 0.471. The summed E-state index contributed by atoms with van der Waals surface area (Å²) in [5.74, 6) is 0.209. The first-order chi connectivity index (χ1) is 16.5. The van der Waals surface area contributed by atoms with Crippen LogP contribution >= 0.6 is 39.1 Å². The van der Waals surface area contributed by atoms with Crippen molar-refractivity contribution < 1.29 is 14.3 Å². The molecule has 1 atom stereocenters. The number of benzene rings is 1. The number of halogens is 3. The molecule has 0 spiro atoms. The van der Waals surface area contributed by atoms with Gasteiger partial charge in [0, 0.05) is 39.7 Å². The van der Waals surface area contributed by atoms with Crippen LogP contribution in [0.2, 0.25) is 10.0 Å². The number of hydrogen-bond acceptors (Lipinski definition) is 4. The fourth-order valence-corrected chi connectivity index (χ4v) is 6.12. The zero-order chi connectivity index (χ0) is 25.3. The normalized spacial score (nSPS) is 18.3. The number of hydrogen-bond donors (Lipinski definition) is 1. The average molecular weight is 583 g/mol. The molecule has 1 aromatic carbocycles. The molecule has 1 fully saturated rings. The molecular weight excluding hydrogens is 553 g/mol. The second-order valence-electron chi connectivity index (χ2n) is 10.2. The number of amides is 2. The predicted molar refractivity (Wildman–Crippen MR) is 141 cm³/mol. The zero-order valence-corrected chi connectivity index (χ0v) is 23.3. The van der Waals surface area contributed by atoms with Gasteiger partial charge in [0.2, 0.25) is 5.91 Å². The first kappa shape index (κ1) is 26.2. The molecule has 1 saturated heterocycles. The van der Waals surface area contributed by atoms with Crippen molar-refractivity contribution in [2.45, 2.75) is 58.0 Å². The van der Waals surface area contributed by atoms with Crippen molar-refractivity contribution in [1.82, 2.24) is 15.2 Å². The summed E-state index contributed by atoms with van der Waals surface area (Å²) in [5.41, 5.74) is 3.95. The number of piperidine rings is 1. The molecule has 35 heavy (non-hydrogen) atoms. The van der Waals surface area contributed by atoms with Gasteiger partial charge < -0.3 is 15.0 Å². The largest absolute Gasteiger partial charge is 0.444 e. The van der Waals surface area contributed by atoms with Crippen molar-refractivity contribution in [2.24, 2.45) is 5.92 Å². The van der Waals surface area contributed by atoms with Crippen LogP contribution in [0.3, 0.4) is 0 Å². The van der Waals surface area contributed by atoms with Crippen molar-refractivity contribution in [3.05, 3.63) is 61.3 Å². The van der Waals surface area contributed by atoms with Gasteiger partial charge in [-0.2, -0.15) is 0 Å². The molecule has 2 heterocycles. The SMILES string of the molecule is CC(C)(C)OC(=O)NCC(=O)N1CCC(C2c3ncc(Br)cc3CCc3cc(Cl)cc(Cl)c32)CC1. The van der Waals surface area contributed by atoms with E-state index in [0.29, 0.717) is 23.1 Å². The van der Waals surface area contributed by atoms with Crippen LogP contribution < -0.4 is 5.32 Å². The summed E-state index contributed by atoms with van der Waals surface area (Å²) in [6, 6.07) is 6.00. The van der Waals surface area contributed by atoms with Gasteiger partial charge in [-0.3, -0.25) is 9.78 Å². The Balaban J connectivity index is 1.50. The Morgan fingerprint density at radius 1 is 1.14 bits per heavy atom. The first-order valence-electron chi connectivity index (χ1n) is 11.9. The molecule has 0 saturated carbocycles. The number of alkyl carbamates (subject to hydrolysis) is 1. The molecule has 2 aliphatic rings. The number of likely N-dealkylation sites (tertiary alicyclic amines) is 1. The van der Waals surface area contributed by atoms with E-state index < -0.39 is 11.7 Å². The van der Waals surface area contributed by atoms with E-state index >= 15 is 0 Å². The Bertz CT molecular complexity index is 1130.